The number of nitrogens with one attached hydrogen (secondary N) is 2. The van der Waals surface area contributed by atoms with Crippen LogP contribution in [0.4, 0.5) is 0 Å². The van der Waals surface area contributed by atoms with Gasteiger partial charge in [0.2, 0.25) is 0 Å². The molecule has 0 radical (unpaired) electrons. The summed E-state index contributed by atoms with van der Waals surface area (Å²) in [6.45, 7) is 4.04. The standard InChI is InChI=1S/C11H15N3S/c1-3-6-13-11(12-4-2)14-8-10-5-7-15-9-10/h1,5,7,9H,4,6,8H2,2H3,(H2,12,13,14). The van der Waals surface area contributed by atoms with Gasteiger partial charge in [0, 0.05) is 6.54 Å². The maximum atomic E-state index is 5.17. The van der Waals surface area contributed by atoms with Crippen molar-refractivity contribution in [3.8, 4) is 12.3 Å². The number of thiophene rings is 1. The van der Waals surface area contributed by atoms with Gasteiger partial charge >= 0.3 is 0 Å². The summed E-state index contributed by atoms with van der Waals surface area (Å²) in [6.07, 6.45) is 5.17. The van der Waals surface area contributed by atoms with Gasteiger partial charge in [-0.25, -0.2) is 4.99 Å². The first-order valence-corrected chi connectivity index (χ1v) is 5.77. The van der Waals surface area contributed by atoms with Crippen molar-refractivity contribution >= 4 is 17.3 Å². The zero-order valence-electron chi connectivity index (χ0n) is 8.79. The van der Waals surface area contributed by atoms with Gasteiger partial charge in [0.1, 0.15) is 0 Å². The monoisotopic (exact) mass is 221 g/mol. The van der Waals surface area contributed by atoms with E-state index < -0.39 is 0 Å². The first-order chi connectivity index (χ1) is 7.36. The normalized spacial score (nSPS) is 10.8. The van der Waals surface area contributed by atoms with Gasteiger partial charge in [-0.3, -0.25) is 0 Å². The van der Waals surface area contributed by atoms with Gasteiger partial charge in [-0.2, -0.15) is 11.3 Å². The molecule has 0 atom stereocenters. The molecule has 0 aliphatic heterocycles. The Labute approximate surface area is 94.6 Å². The highest BCUT2D eigenvalue weighted by atomic mass is 32.1. The maximum absolute atomic E-state index is 5.17. The van der Waals surface area contributed by atoms with Crippen molar-refractivity contribution in [1.29, 1.82) is 0 Å². The van der Waals surface area contributed by atoms with Crippen LogP contribution >= 0.6 is 11.3 Å². The van der Waals surface area contributed by atoms with Gasteiger partial charge < -0.3 is 10.6 Å². The minimum atomic E-state index is 0.496. The van der Waals surface area contributed by atoms with Gasteiger partial charge in [-0.1, -0.05) is 5.92 Å². The molecule has 1 rings (SSSR count). The fourth-order valence-corrected chi connectivity index (χ4v) is 1.69. The lowest BCUT2D eigenvalue weighted by Gasteiger charge is -2.08. The quantitative estimate of drug-likeness (QED) is 0.458. The smallest absolute Gasteiger partial charge is 0.192 e. The Bertz CT molecular complexity index is 335. The Morgan fingerprint density at radius 3 is 3.07 bits per heavy atom. The molecule has 0 fully saturated rings. The van der Waals surface area contributed by atoms with E-state index in [1.807, 2.05) is 12.3 Å². The number of rotatable bonds is 4. The first kappa shape index (κ1) is 11.6. The Morgan fingerprint density at radius 1 is 1.60 bits per heavy atom. The molecule has 80 valence electrons. The highest BCUT2D eigenvalue weighted by molar-refractivity contribution is 7.07. The van der Waals surface area contributed by atoms with E-state index in [0.717, 1.165) is 12.5 Å². The van der Waals surface area contributed by atoms with Crippen LogP contribution in [0.5, 0.6) is 0 Å². The second-order valence-corrected chi connectivity index (χ2v) is 3.66. The molecule has 2 N–H and O–H groups in total. The van der Waals surface area contributed by atoms with Crippen LogP contribution < -0.4 is 10.6 Å². The van der Waals surface area contributed by atoms with Crippen LogP contribution in [-0.4, -0.2) is 19.0 Å². The molecule has 0 spiro atoms. The molecule has 0 saturated heterocycles. The topological polar surface area (TPSA) is 36.4 Å². The van der Waals surface area contributed by atoms with Crippen molar-refractivity contribution in [2.45, 2.75) is 13.5 Å². The highest BCUT2D eigenvalue weighted by Gasteiger charge is 1.95. The molecule has 0 aliphatic rings. The second kappa shape index (κ2) is 6.91. The van der Waals surface area contributed by atoms with Gasteiger partial charge in [-0.05, 0) is 29.3 Å². The lowest BCUT2D eigenvalue weighted by atomic mass is 10.3. The van der Waals surface area contributed by atoms with E-state index in [9.17, 15) is 0 Å². The minimum Gasteiger partial charge on any atom is -0.357 e. The van der Waals surface area contributed by atoms with Crippen LogP contribution in [0.2, 0.25) is 0 Å². The fraction of sp³-hybridized carbons (Fsp3) is 0.364. The van der Waals surface area contributed by atoms with E-state index in [1.165, 1.54) is 5.56 Å². The second-order valence-electron chi connectivity index (χ2n) is 2.88. The molecule has 1 aromatic rings. The van der Waals surface area contributed by atoms with E-state index in [4.69, 9.17) is 6.42 Å². The molecule has 15 heavy (non-hydrogen) atoms. The van der Waals surface area contributed by atoms with Crippen molar-refractivity contribution in [3.05, 3.63) is 22.4 Å². The number of hydrogen-bond acceptors (Lipinski definition) is 2. The molecule has 0 bridgehead atoms. The number of guanidine groups is 1. The van der Waals surface area contributed by atoms with Crippen molar-refractivity contribution in [1.82, 2.24) is 10.6 Å². The van der Waals surface area contributed by atoms with Crippen LogP contribution in [0, 0.1) is 12.3 Å². The average molecular weight is 221 g/mol. The summed E-state index contributed by atoms with van der Waals surface area (Å²) in [7, 11) is 0. The van der Waals surface area contributed by atoms with E-state index in [1.54, 1.807) is 11.3 Å². The van der Waals surface area contributed by atoms with Crippen molar-refractivity contribution in [2.24, 2.45) is 4.99 Å². The summed E-state index contributed by atoms with van der Waals surface area (Å²) in [5.74, 6) is 3.29. The fourth-order valence-electron chi connectivity index (χ4n) is 1.03. The van der Waals surface area contributed by atoms with Crippen molar-refractivity contribution in [3.63, 3.8) is 0 Å². The molecule has 0 aliphatic carbocycles. The van der Waals surface area contributed by atoms with E-state index in [-0.39, 0.29) is 0 Å². The van der Waals surface area contributed by atoms with Crippen molar-refractivity contribution in [2.75, 3.05) is 13.1 Å². The molecule has 1 heterocycles. The maximum Gasteiger partial charge on any atom is 0.192 e. The predicted molar refractivity (Wildman–Crippen MR) is 66.0 cm³/mol. The minimum absolute atomic E-state index is 0.496. The molecule has 0 aromatic carbocycles. The van der Waals surface area contributed by atoms with Crippen molar-refractivity contribution < 1.29 is 0 Å². The molecule has 3 nitrogen and oxygen atoms in total. The highest BCUT2D eigenvalue weighted by Crippen LogP contribution is 2.06. The van der Waals surface area contributed by atoms with Gasteiger partial charge in [0.15, 0.2) is 5.96 Å². The molecular weight excluding hydrogens is 206 g/mol. The third-order valence-corrected chi connectivity index (χ3v) is 2.43. The van der Waals surface area contributed by atoms with Crippen LogP contribution in [0.25, 0.3) is 0 Å². The average Bonchev–Trinajstić information content (AvgIpc) is 2.75. The summed E-state index contributed by atoms with van der Waals surface area (Å²) in [5, 5.41) is 10.3. The summed E-state index contributed by atoms with van der Waals surface area (Å²) in [6, 6.07) is 2.07. The lowest BCUT2D eigenvalue weighted by Crippen LogP contribution is -2.37. The summed E-state index contributed by atoms with van der Waals surface area (Å²) >= 11 is 1.68. The van der Waals surface area contributed by atoms with E-state index >= 15 is 0 Å². The predicted octanol–water partition coefficient (Wildman–Crippen LogP) is 1.44. The lowest BCUT2D eigenvalue weighted by molar-refractivity contribution is 0.866. The van der Waals surface area contributed by atoms with Gasteiger partial charge in [0.05, 0.1) is 13.1 Å². The van der Waals surface area contributed by atoms with Crippen LogP contribution in [0.1, 0.15) is 12.5 Å². The summed E-state index contributed by atoms with van der Waals surface area (Å²) in [4.78, 5) is 4.40. The molecule has 0 saturated carbocycles. The largest absolute Gasteiger partial charge is 0.357 e. The Hall–Kier alpha value is -1.47. The molecular formula is C11H15N3S. The molecule has 1 aromatic heterocycles. The Morgan fingerprint density at radius 2 is 2.47 bits per heavy atom. The third-order valence-electron chi connectivity index (χ3n) is 1.70. The van der Waals surface area contributed by atoms with Crippen LogP contribution in [0.15, 0.2) is 21.8 Å². The molecule has 0 amide bonds. The number of terminal acetylenes is 1. The third kappa shape index (κ3) is 4.52. The zero-order valence-corrected chi connectivity index (χ0v) is 9.60. The van der Waals surface area contributed by atoms with E-state index in [0.29, 0.717) is 13.1 Å². The first-order valence-electron chi connectivity index (χ1n) is 4.83. The van der Waals surface area contributed by atoms with Gasteiger partial charge in [-0.15, -0.1) is 6.42 Å². The van der Waals surface area contributed by atoms with E-state index in [2.05, 4.69) is 33.0 Å². The number of nitrogens with zero attached hydrogens (tertiary/aromatic N) is 1. The van der Waals surface area contributed by atoms with Gasteiger partial charge in [0.25, 0.3) is 0 Å². The number of aliphatic imine (C=N–C) groups is 1. The van der Waals surface area contributed by atoms with Crippen LogP contribution in [0.3, 0.4) is 0 Å². The molecule has 0 unspecified atom stereocenters. The SMILES string of the molecule is C#CCNC(=NCc1ccsc1)NCC. The Kier molecular flexibility index (Phi) is 5.34. The zero-order chi connectivity index (χ0) is 10.9. The summed E-state index contributed by atoms with van der Waals surface area (Å²) < 4.78 is 0. The van der Waals surface area contributed by atoms with Crippen LogP contribution in [-0.2, 0) is 6.54 Å². The summed E-state index contributed by atoms with van der Waals surface area (Å²) in [5.41, 5.74) is 1.22. The Balaban J connectivity index is 2.47. The number of hydrogen-bond donors (Lipinski definition) is 2. The molecule has 4 heteroatoms.